The number of hydrogen-bond acceptors (Lipinski definition) is 5. The van der Waals surface area contributed by atoms with Crippen LogP contribution in [0, 0.1) is 29.6 Å². The number of rotatable bonds is 14. The molecule has 2 rings (SSSR count). The lowest BCUT2D eigenvalue weighted by molar-refractivity contribution is -0.139. The summed E-state index contributed by atoms with van der Waals surface area (Å²) in [5.74, 6) is 2.69. The molecule has 2 N–H and O–H groups in total. The van der Waals surface area contributed by atoms with Gasteiger partial charge in [-0.05, 0) is 81.5 Å². The van der Waals surface area contributed by atoms with Crippen LogP contribution in [0.2, 0.25) is 0 Å². The molecule has 2 aliphatic rings. The third-order valence-electron chi connectivity index (χ3n) is 7.33. The monoisotopic (exact) mass is 444 g/mol. The fourth-order valence-corrected chi connectivity index (χ4v) is 6.91. The first-order valence-electron chi connectivity index (χ1n) is 12.2. The van der Waals surface area contributed by atoms with Gasteiger partial charge in [-0.2, -0.15) is 0 Å². The summed E-state index contributed by atoms with van der Waals surface area (Å²) < 4.78 is 17.0. The van der Waals surface area contributed by atoms with E-state index in [1.54, 1.807) is 6.92 Å². The predicted molar refractivity (Wildman–Crippen MR) is 121 cm³/mol. The van der Waals surface area contributed by atoms with Crippen molar-refractivity contribution in [1.82, 2.24) is 0 Å². The van der Waals surface area contributed by atoms with Crippen LogP contribution in [0.25, 0.3) is 0 Å². The Hall–Kier alpha value is -0.460. The highest BCUT2D eigenvalue weighted by Gasteiger charge is 2.47. The Bertz CT molecular complexity index is 540. The molecule has 0 aromatic rings. The van der Waals surface area contributed by atoms with Crippen molar-refractivity contribution < 1.29 is 24.0 Å². The van der Waals surface area contributed by atoms with Crippen molar-refractivity contribution in [2.24, 2.45) is 29.6 Å². The van der Waals surface area contributed by atoms with Crippen LogP contribution in [0.15, 0.2) is 0 Å². The Morgan fingerprint density at radius 2 is 1.93 bits per heavy atom. The van der Waals surface area contributed by atoms with Crippen LogP contribution < -0.4 is 0 Å². The number of unbranched alkanes of at least 4 members (excludes halogenated alkanes) is 1. The molecule has 0 heterocycles. The van der Waals surface area contributed by atoms with E-state index in [1.165, 1.54) is 19.3 Å². The molecule has 4 unspecified atom stereocenters. The lowest BCUT2D eigenvalue weighted by Gasteiger charge is -2.24. The molecule has 2 aliphatic carbocycles. The average molecular weight is 445 g/mol. The van der Waals surface area contributed by atoms with Crippen LogP contribution in [0.1, 0.15) is 85.0 Å². The molecule has 0 aromatic carbocycles. The van der Waals surface area contributed by atoms with E-state index < -0.39 is 10.8 Å². The number of carbonyl (C=O) groups excluding carboxylic acids is 1. The summed E-state index contributed by atoms with van der Waals surface area (Å²) in [6.07, 6.45) is 9.64. The topological polar surface area (TPSA) is 83.8 Å². The molecule has 176 valence electrons. The molecule has 0 amide bonds. The summed E-state index contributed by atoms with van der Waals surface area (Å²) in [7, 11) is -1.14. The van der Waals surface area contributed by atoms with Gasteiger partial charge in [0.05, 0.1) is 18.8 Å². The van der Waals surface area contributed by atoms with Crippen molar-refractivity contribution >= 4 is 16.8 Å². The molecule has 0 spiro atoms. The van der Waals surface area contributed by atoms with Gasteiger partial charge >= 0.3 is 5.97 Å². The van der Waals surface area contributed by atoms with Gasteiger partial charge in [0, 0.05) is 16.6 Å². The maximum Gasteiger partial charge on any atom is 0.318 e. The number of fused-ring (bicyclic) bond motifs is 1. The molecule has 0 bridgehead atoms. The minimum Gasteiger partial charge on any atom is -0.465 e. The standard InChI is InChI=1S/C24H44O5S/c1-4-6-7-17(3)12-20(25)8-9-21-22-14-18(13-19(22)15-23(21)26)10-11-30(28)16-24(27)29-5-2/h17-23,25-26H,4-16H2,1-3H3/t17?,18?,19-,20?,21+,22-,23+,30?/m1/s1. The fourth-order valence-electron chi connectivity index (χ4n) is 5.83. The van der Waals surface area contributed by atoms with Crippen molar-refractivity contribution in [2.45, 2.75) is 97.2 Å². The van der Waals surface area contributed by atoms with Crippen molar-refractivity contribution in [2.75, 3.05) is 18.1 Å². The second-order valence-corrected chi connectivity index (χ2v) is 11.4. The summed E-state index contributed by atoms with van der Waals surface area (Å²) in [5, 5.41) is 21.0. The van der Waals surface area contributed by atoms with Crippen LogP contribution in [0.4, 0.5) is 0 Å². The zero-order valence-corrected chi connectivity index (χ0v) is 20.1. The lowest BCUT2D eigenvalue weighted by Crippen LogP contribution is -2.23. The van der Waals surface area contributed by atoms with Crippen LogP contribution in [0.5, 0.6) is 0 Å². The zero-order valence-electron chi connectivity index (χ0n) is 19.3. The third-order valence-corrected chi connectivity index (χ3v) is 8.58. The van der Waals surface area contributed by atoms with Gasteiger partial charge in [0.15, 0.2) is 0 Å². The largest absolute Gasteiger partial charge is 0.465 e. The maximum atomic E-state index is 12.1. The fraction of sp³-hybridized carbons (Fsp3) is 0.958. The second kappa shape index (κ2) is 13.2. The highest BCUT2D eigenvalue weighted by atomic mass is 32.2. The first-order valence-corrected chi connectivity index (χ1v) is 13.7. The Labute approximate surface area is 185 Å². The van der Waals surface area contributed by atoms with Gasteiger partial charge in [-0.25, -0.2) is 0 Å². The number of hydrogen-bond donors (Lipinski definition) is 2. The minimum atomic E-state index is -1.14. The number of esters is 1. The molecule has 0 aliphatic heterocycles. The highest BCUT2D eigenvalue weighted by Crippen LogP contribution is 2.52. The normalized spacial score (nSPS) is 31.3. The summed E-state index contributed by atoms with van der Waals surface area (Å²) in [4.78, 5) is 11.5. The van der Waals surface area contributed by atoms with Crippen LogP contribution in [-0.4, -0.2) is 50.7 Å². The van der Waals surface area contributed by atoms with Gasteiger partial charge in [0.1, 0.15) is 5.75 Å². The van der Waals surface area contributed by atoms with E-state index in [9.17, 15) is 19.2 Å². The lowest BCUT2D eigenvalue weighted by atomic mass is 9.85. The number of aliphatic hydroxyl groups is 2. The highest BCUT2D eigenvalue weighted by molar-refractivity contribution is 7.85. The molecular weight excluding hydrogens is 400 g/mol. The van der Waals surface area contributed by atoms with Gasteiger partial charge < -0.3 is 14.9 Å². The quantitative estimate of drug-likeness (QED) is 0.395. The summed E-state index contributed by atoms with van der Waals surface area (Å²) in [6.45, 7) is 6.52. The molecule has 2 saturated carbocycles. The van der Waals surface area contributed by atoms with Crippen LogP contribution >= 0.6 is 0 Å². The molecule has 30 heavy (non-hydrogen) atoms. The molecular formula is C24H44O5S. The Morgan fingerprint density at radius 3 is 2.63 bits per heavy atom. The minimum absolute atomic E-state index is 0.00330. The van der Waals surface area contributed by atoms with Crippen LogP contribution in [0.3, 0.4) is 0 Å². The number of carbonyl (C=O) groups is 1. The molecule has 0 radical (unpaired) electrons. The van der Waals surface area contributed by atoms with E-state index in [0.29, 0.717) is 41.9 Å². The smallest absolute Gasteiger partial charge is 0.318 e. The second-order valence-electron chi connectivity index (χ2n) is 9.82. The van der Waals surface area contributed by atoms with E-state index in [1.807, 2.05) is 0 Å². The molecule has 5 nitrogen and oxygen atoms in total. The van der Waals surface area contributed by atoms with E-state index >= 15 is 0 Å². The van der Waals surface area contributed by atoms with Crippen molar-refractivity contribution in [3.63, 3.8) is 0 Å². The number of aliphatic hydroxyl groups excluding tert-OH is 2. The van der Waals surface area contributed by atoms with Crippen LogP contribution in [-0.2, 0) is 20.3 Å². The van der Waals surface area contributed by atoms with E-state index in [2.05, 4.69) is 13.8 Å². The first-order chi connectivity index (χ1) is 14.3. The van der Waals surface area contributed by atoms with Crippen molar-refractivity contribution in [3.05, 3.63) is 0 Å². The maximum absolute atomic E-state index is 12.1. The number of ether oxygens (including phenoxy) is 1. The van der Waals surface area contributed by atoms with E-state index in [4.69, 9.17) is 4.74 Å². The Kier molecular flexibility index (Phi) is 11.3. The Balaban J connectivity index is 1.72. The summed E-state index contributed by atoms with van der Waals surface area (Å²) in [5.41, 5.74) is 0. The zero-order chi connectivity index (χ0) is 22.1. The van der Waals surface area contributed by atoms with E-state index in [-0.39, 0.29) is 23.9 Å². The predicted octanol–water partition coefficient (Wildman–Crippen LogP) is 4.07. The SMILES string of the molecule is CCCCC(C)CC(O)CC[C@H]1[C@@H]2CC(CCS(=O)CC(=O)OCC)C[C@@H]2C[C@@H]1O. The van der Waals surface area contributed by atoms with Gasteiger partial charge in [-0.3, -0.25) is 9.00 Å². The van der Waals surface area contributed by atoms with Gasteiger partial charge in [0.25, 0.3) is 0 Å². The molecule has 0 saturated heterocycles. The Morgan fingerprint density at radius 1 is 1.17 bits per heavy atom. The van der Waals surface area contributed by atoms with Gasteiger partial charge in [-0.15, -0.1) is 0 Å². The van der Waals surface area contributed by atoms with Crippen molar-refractivity contribution in [1.29, 1.82) is 0 Å². The van der Waals surface area contributed by atoms with E-state index in [0.717, 1.165) is 44.9 Å². The third kappa shape index (κ3) is 8.23. The summed E-state index contributed by atoms with van der Waals surface area (Å²) >= 11 is 0. The van der Waals surface area contributed by atoms with Gasteiger partial charge in [0.2, 0.25) is 0 Å². The summed E-state index contributed by atoms with van der Waals surface area (Å²) in [6, 6.07) is 0. The molecule has 2 fully saturated rings. The first kappa shape index (κ1) is 25.8. The van der Waals surface area contributed by atoms with Crippen molar-refractivity contribution in [3.8, 4) is 0 Å². The average Bonchev–Trinajstić information content (AvgIpc) is 3.19. The van der Waals surface area contributed by atoms with Gasteiger partial charge in [-0.1, -0.05) is 33.1 Å². The molecule has 6 heteroatoms. The molecule has 8 atom stereocenters. The molecule has 0 aromatic heterocycles.